The van der Waals surface area contributed by atoms with Gasteiger partial charge >= 0.3 is 0 Å². The zero-order valence-corrected chi connectivity index (χ0v) is 10.3. The molecule has 0 amide bonds. The van der Waals surface area contributed by atoms with Crippen molar-refractivity contribution < 1.29 is 21.7 Å². The third kappa shape index (κ3) is 3.11. The Morgan fingerprint density at radius 3 is 2.19 bits per heavy atom. The summed E-state index contributed by atoms with van der Waals surface area (Å²) in [6, 6.07) is 3.41. The fraction of sp³-hybridized carbons (Fsp3) is 0.333. The van der Waals surface area contributed by atoms with Crippen molar-refractivity contribution in [3.05, 3.63) is 23.8 Å². The van der Waals surface area contributed by atoms with Crippen molar-refractivity contribution in [3.8, 4) is 0 Å². The molecule has 1 rings (SSSR count). The third-order valence-electron chi connectivity index (χ3n) is 2.05. The molecule has 1 atom stereocenters. The Morgan fingerprint density at radius 1 is 1.25 bits per heavy atom. The Kier molecular flexibility index (Phi) is 3.84. The van der Waals surface area contributed by atoms with E-state index in [4.69, 9.17) is 0 Å². The van der Waals surface area contributed by atoms with E-state index in [-0.39, 0.29) is 10.8 Å². The first-order valence-corrected chi connectivity index (χ1v) is 6.90. The molecule has 0 saturated heterocycles. The van der Waals surface area contributed by atoms with E-state index in [1.54, 1.807) is 13.8 Å². The summed E-state index contributed by atoms with van der Waals surface area (Å²) in [5.41, 5.74) is 0.496. The van der Waals surface area contributed by atoms with Crippen molar-refractivity contribution in [1.29, 1.82) is 0 Å². The minimum Gasteiger partial charge on any atom is -0.768 e. The van der Waals surface area contributed by atoms with E-state index in [9.17, 15) is 21.7 Å². The summed E-state index contributed by atoms with van der Waals surface area (Å²) in [6.07, 6.45) is 0. The fourth-order valence-electron chi connectivity index (χ4n) is 1.17. The number of benzene rings is 1. The van der Waals surface area contributed by atoms with Crippen molar-refractivity contribution in [2.45, 2.75) is 29.6 Å². The first kappa shape index (κ1) is 13.3. The van der Waals surface area contributed by atoms with Crippen LogP contribution in [0.15, 0.2) is 28.0 Å². The highest BCUT2D eigenvalue weighted by Crippen LogP contribution is 2.22. The average molecular weight is 262 g/mol. The minimum atomic E-state index is -4.64. The van der Waals surface area contributed by atoms with Gasteiger partial charge in [0.15, 0.2) is 0 Å². The van der Waals surface area contributed by atoms with Crippen LogP contribution in [0.3, 0.4) is 0 Å². The van der Waals surface area contributed by atoms with Crippen LogP contribution >= 0.6 is 0 Å². The number of hydrogen-bond donors (Lipinski definition) is 0. The lowest BCUT2D eigenvalue weighted by Crippen LogP contribution is -2.03. The van der Waals surface area contributed by atoms with E-state index < -0.39 is 26.1 Å². The molecular formula is C9H10O5S2-2. The molecule has 0 spiro atoms. The zero-order valence-electron chi connectivity index (χ0n) is 8.67. The lowest BCUT2D eigenvalue weighted by molar-refractivity contribution is 0.462. The smallest absolute Gasteiger partial charge is 0.124 e. The van der Waals surface area contributed by atoms with Crippen LogP contribution in [0.5, 0.6) is 0 Å². The molecule has 0 N–H and O–H groups in total. The summed E-state index contributed by atoms with van der Waals surface area (Å²) in [6.45, 7) is 3.54. The summed E-state index contributed by atoms with van der Waals surface area (Å²) in [4.78, 5) is -0.710. The van der Waals surface area contributed by atoms with Crippen molar-refractivity contribution in [3.63, 3.8) is 0 Å². The first-order chi connectivity index (χ1) is 7.21. The molecule has 0 saturated carbocycles. The van der Waals surface area contributed by atoms with Gasteiger partial charge in [0.25, 0.3) is 0 Å². The minimum absolute atomic E-state index is 0.0657. The Balaban J connectivity index is 3.48. The predicted octanol–water partition coefficient (Wildman–Crippen LogP) is 0.952. The highest BCUT2D eigenvalue weighted by atomic mass is 32.2. The molecule has 5 nitrogen and oxygen atoms in total. The van der Waals surface area contributed by atoms with Gasteiger partial charge in [-0.3, -0.25) is 4.21 Å². The van der Waals surface area contributed by atoms with Gasteiger partial charge in [0.1, 0.15) is 10.1 Å². The van der Waals surface area contributed by atoms with Crippen molar-refractivity contribution in [2.24, 2.45) is 0 Å². The quantitative estimate of drug-likeness (QED) is 0.596. The molecule has 0 aliphatic heterocycles. The van der Waals surface area contributed by atoms with Gasteiger partial charge in [-0.15, -0.1) is 0 Å². The van der Waals surface area contributed by atoms with Gasteiger partial charge in [0.05, 0.1) is 4.90 Å². The molecule has 1 aromatic rings. The van der Waals surface area contributed by atoms with Gasteiger partial charge in [-0.1, -0.05) is 13.8 Å². The third-order valence-corrected chi connectivity index (χ3v) is 3.48. The number of rotatable bonds is 3. The Bertz CT molecular complexity index is 519. The van der Waals surface area contributed by atoms with Gasteiger partial charge in [-0.05, 0) is 40.8 Å². The Hall–Kier alpha value is -0.760. The maximum Gasteiger partial charge on any atom is 0.124 e. The van der Waals surface area contributed by atoms with E-state index in [0.717, 1.165) is 6.07 Å². The van der Waals surface area contributed by atoms with Crippen LogP contribution in [-0.4, -0.2) is 21.7 Å². The first-order valence-electron chi connectivity index (χ1n) is 4.42. The average Bonchev–Trinajstić information content (AvgIpc) is 2.15. The van der Waals surface area contributed by atoms with Gasteiger partial charge in [0, 0.05) is 4.90 Å². The molecule has 0 aromatic heterocycles. The second kappa shape index (κ2) is 4.62. The second-order valence-corrected chi connectivity index (χ2v) is 5.90. The fourth-order valence-corrected chi connectivity index (χ4v) is 2.25. The van der Waals surface area contributed by atoms with Gasteiger partial charge in [0.2, 0.25) is 0 Å². The maximum absolute atomic E-state index is 10.8. The van der Waals surface area contributed by atoms with E-state index in [1.165, 1.54) is 12.1 Å². The monoisotopic (exact) mass is 262 g/mol. The highest BCUT2D eigenvalue weighted by molar-refractivity contribution is 7.85. The summed E-state index contributed by atoms with van der Waals surface area (Å²) in [7, 11) is -4.64. The molecule has 16 heavy (non-hydrogen) atoms. The molecule has 0 bridgehead atoms. The normalized spacial score (nSPS) is 14.1. The van der Waals surface area contributed by atoms with Crippen molar-refractivity contribution >= 4 is 21.2 Å². The highest BCUT2D eigenvalue weighted by Gasteiger charge is 2.08. The van der Waals surface area contributed by atoms with Crippen LogP contribution in [0.1, 0.15) is 25.3 Å². The zero-order chi connectivity index (χ0) is 12.5. The van der Waals surface area contributed by atoms with Crippen LogP contribution in [-0.2, 0) is 21.2 Å². The summed E-state index contributed by atoms with van der Waals surface area (Å²) < 4.78 is 54.0. The molecular weight excluding hydrogens is 252 g/mol. The van der Waals surface area contributed by atoms with Gasteiger partial charge < -0.3 is 9.11 Å². The number of hydrogen-bond acceptors (Lipinski definition) is 5. The predicted molar refractivity (Wildman–Crippen MR) is 55.7 cm³/mol. The lowest BCUT2D eigenvalue weighted by atomic mass is 10.0. The van der Waals surface area contributed by atoms with Crippen LogP contribution in [0.25, 0.3) is 0 Å². The van der Waals surface area contributed by atoms with Gasteiger partial charge in [-0.2, -0.15) is 0 Å². The maximum atomic E-state index is 10.8. The van der Waals surface area contributed by atoms with Crippen LogP contribution in [0.4, 0.5) is 0 Å². The molecule has 1 unspecified atom stereocenters. The van der Waals surface area contributed by atoms with E-state index in [2.05, 4.69) is 0 Å². The SMILES string of the molecule is CC(C)c1cc(S(=O)[O-])cc(S(=O)(=O)[O-])c1. The van der Waals surface area contributed by atoms with Crippen LogP contribution < -0.4 is 0 Å². The standard InChI is InChI=1S/C9H12O5S2/c1-6(2)7-3-8(15(10)11)5-9(4-7)16(12,13)14/h3-6H,1-2H3,(H,10,11)(H,12,13,14)/p-2. The Morgan fingerprint density at radius 2 is 1.81 bits per heavy atom. The molecule has 7 heteroatoms. The summed E-state index contributed by atoms with van der Waals surface area (Å²) in [5, 5.41) is 0. The van der Waals surface area contributed by atoms with Crippen LogP contribution in [0.2, 0.25) is 0 Å². The molecule has 90 valence electrons. The molecule has 0 fully saturated rings. The van der Waals surface area contributed by atoms with Crippen LogP contribution in [0, 0.1) is 0 Å². The van der Waals surface area contributed by atoms with Gasteiger partial charge in [-0.25, -0.2) is 8.42 Å². The van der Waals surface area contributed by atoms with E-state index in [0.29, 0.717) is 5.56 Å². The van der Waals surface area contributed by atoms with Crippen molar-refractivity contribution in [1.82, 2.24) is 0 Å². The van der Waals surface area contributed by atoms with E-state index in [1.807, 2.05) is 0 Å². The lowest BCUT2D eigenvalue weighted by Gasteiger charge is -2.15. The van der Waals surface area contributed by atoms with Crippen molar-refractivity contribution in [2.75, 3.05) is 0 Å². The molecule has 1 aromatic carbocycles. The second-order valence-electron chi connectivity index (χ2n) is 3.58. The molecule has 0 radical (unpaired) electrons. The molecule has 0 aliphatic rings. The van der Waals surface area contributed by atoms with E-state index >= 15 is 0 Å². The molecule has 0 heterocycles. The largest absolute Gasteiger partial charge is 0.768 e. The summed E-state index contributed by atoms with van der Waals surface area (Å²) >= 11 is -2.55. The summed E-state index contributed by atoms with van der Waals surface area (Å²) in [5.74, 6) is -0.0657. The topological polar surface area (TPSA) is 97.3 Å². The Labute approximate surface area is 96.5 Å². The molecule has 0 aliphatic carbocycles.